The molecule has 11 rings (SSSR count). The number of nitrogens with zero attached hydrogens (tertiary/aromatic N) is 1. The van der Waals surface area contributed by atoms with E-state index >= 15 is 0 Å². The van der Waals surface area contributed by atoms with Gasteiger partial charge in [0.2, 0.25) is 0 Å². The maximum absolute atomic E-state index is 6.54. The van der Waals surface area contributed by atoms with Crippen LogP contribution in [0.15, 0.2) is 229 Å². The molecule has 0 aliphatic heterocycles. The maximum Gasteiger partial charge on any atom is 0.143 e. The molecule has 1 aliphatic rings. The number of para-hydroxylation sites is 2. The second-order valence-corrected chi connectivity index (χ2v) is 14.8. The van der Waals surface area contributed by atoms with E-state index < -0.39 is 5.41 Å². The molecule has 10 aromatic rings. The van der Waals surface area contributed by atoms with Crippen molar-refractivity contribution in [1.29, 1.82) is 0 Å². The van der Waals surface area contributed by atoms with E-state index in [0.717, 1.165) is 50.1 Å². The summed E-state index contributed by atoms with van der Waals surface area (Å²) in [6.45, 7) is 0. The molecule has 0 amide bonds. The summed E-state index contributed by atoms with van der Waals surface area (Å²) in [5.74, 6) is 0. The van der Waals surface area contributed by atoms with Gasteiger partial charge in [0.15, 0.2) is 0 Å². The van der Waals surface area contributed by atoms with Crippen LogP contribution in [-0.2, 0) is 5.41 Å². The summed E-state index contributed by atoms with van der Waals surface area (Å²) < 4.78 is 6.54. The SMILES string of the molecule is c1ccc(-c2ccc(N(c3cccc(-c4cccc5c4oc4ccccc45)c3)c3ccc4c(c3)C(c3ccccc3)(c3ccccc3)c3ccccc3-4)cc2)cc1. The zero-order valence-electron chi connectivity index (χ0n) is 31.2. The Hall–Kier alpha value is -7.42. The van der Waals surface area contributed by atoms with Gasteiger partial charge in [-0.2, -0.15) is 0 Å². The topological polar surface area (TPSA) is 16.4 Å². The van der Waals surface area contributed by atoms with Gasteiger partial charge >= 0.3 is 0 Å². The normalized spacial score (nSPS) is 12.7. The van der Waals surface area contributed by atoms with Crippen molar-refractivity contribution >= 4 is 39.0 Å². The molecule has 9 aromatic carbocycles. The molecule has 0 fully saturated rings. The van der Waals surface area contributed by atoms with Gasteiger partial charge in [0, 0.05) is 33.4 Å². The van der Waals surface area contributed by atoms with Crippen LogP contribution in [0.5, 0.6) is 0 Å². The Labute approximate surface area is 332 Å². The molecule has 0 N–H and O–H groups in total. The molecule has 0 saturated carbocycles. The van der Waals surface area contributed by atoms with E-state index in [2.05, 4.69) is 217 Å². The molecule has 0 saturated heterocycles. The smallest absolute Gasteiger partial charge is 0.143 e. The number of benzene rings is 9. The van der Waals surface area contributed by atoms with E-state index in [0.29, 0.717) is 0 Å². The first-order chi connectivity index (χ1) is 28.3. The fourth-order valence-corrected chi connectivity index (χ4v) is 9.24. The maximum atomic E-state index is 6.54. The summed E-state index contributed by atoms with van der Waals surface area (Å²) in [6.07, 6.45) is 0. The zero-order valence-corrected chi connectivity index (χ0v) is 31.2. The average Bonchev–Trinajstić information content (AvgIpc) is 3.82. The second kappa shape index (κ2) is 13.4. The predicted molar refractivity (Wildman–Crippen MR) is 237 cm³/mol. The van der Waals surface area contributed by atoms with Crippen molar-refractivity contribution in [3.8, 4) is 33.4 Å². The Morgan fingerprint density at radius 2 is 0.877 bits per heavy atom. The lowest BCUT2D eigenvalue weighted by Gasteiger charge is -2.35. The molecule has 1 heterocycles. The molecule has 57 heavy (non-hydrogen) atoms. The molecular formula is C55H37NO. The summed E-state index contributed by atoms with van der Waals surface area (Å²) in [7, 11) is 0. The highest BCUT2D eigenvalue weighted by atomic mass is 16.3. The van der Waals surface area contributed by atoms with Crippen LogP contribution in [0.4, 0.5) is 17.1 Å². The van der Waals surface area contributed by atoms with Crippen LogP contribution >= 0.6 is 0 Å². The van der Waals surface area contributed by atoms with E-state index in [9.17, 15) is 0 Å². The van der Waals surface area contributed by atoms with E-state index in [1.165, 1.54) is 44.5 Å². The summed E-state index contributed by atoms with van der Waals surface area (Å²) in [4.78, 5) is 2.40. The molecule has 0 bridgehead atoms. The van der Waals surface area contributed by atoms with Gasteiger partial charge in [-0.15, -0.1) is 0 Å². The minimum absolute atomic E-state index is 0.508. The third kappa shape index (κ3) is 5.26. The van der Waals surface area contributed by atoms with Crippen LogP contribution in [0, 0.1) is 0 Å². The molecular weight excluding hydrogens is 691 g/mol. The molecule has 2 nitrogen and oxygen atoms in total. The predicted octanol–water partition coefficient (Wildman–Crippen LogP) is 14.8. The Bertz CT molecular complexity index is 3020. The molecule has 1 aromatic heterocycles. The van der Waals surface area contributed by atoms with Crippen molar-refractivity contribution in [3.63, 3.8) is 0 Å². The molecule has 0 radical (unpaired) electrons. The number of hydrogen-bond donors (Lipinski definition) is 0. The number of hydrogen-bond acceptors (Lipinski definition) is 2. The average molecular weight is 728 g/mol. The van der Waals surface area contributed by atoms with Gasteiger partial charge in [-0.3, -0.25) is 0 Å². The van der Waals surface area contributed by atoms with Gasteiger partial charge in [0.1, 0.15) is 11.2 Å². The minimum atomic E-state index is -0.508. The lowest BCUT2D eigenvalue weighted by Crippen LogP contribution is -2.28. The van der Waals surface area contributed by atoms with E-state index in [-0.39, 0.29) is 0 Å². The lowest BCUT2D eigenvalue weighted by molar-refractivity contribution is 0.670. The first-order valence-electron chi connectivity index (χ1n) is 19.6. The first kappa shape index (κ1) is 33.0. The minimum Gasteiger partial charge on any atom is -0.455 e. The fraction of sp³-hybridized carbons (Fsp3) is 0.0182. The Morgan fingerprint density at radius 1 is 0.333 bits per heavy atom. The van der Waals surface area contributed by atoms with Crippen molar-refractivity contribution in [1.82, 2.24) is 0 Å². The van der Waals surface area contributed by atoms with Crippen molar-refractivity contribution < 1.29 is 4.42 Å². The summed E-state index contributed by atoms with van der Waals surface area (Å²) in [5.41, 5.74) is 16.7. The Morgan fingerprint density at radius 3 is 1.65 bits per heavy atom. The zero-order chi connectivity index (χ0) is 37.8. The molecule has 0 unspecified atom stereocenters. The Kier molecular flexibility index (Phi) is 7.75. The van der Waals surface area contributed by atoms with Crippen molar-refractivity contribution in [2.75, 3.05) is 4.90 Å². The van der Waals surface area contributed by atoms with Crippen LogP contribution in [-0.4, -0.2) is 0 Å². The first-order valence-corrected chi connectivity index (χ1v) is 19.6. The van der Waals surface area contributed by atoms with Gasteiger partial charge in [0.25, 0.3) is 0 Å². The number of anilines is 3. The fourth-order valence-electron chi connectivity index (χ4n) is 9.24. The largest absolute Gasteiger partial charge is 0.455 e. The van der Waals surface area contributed by atoms with Gasteiger partial charge in [-0.1, -0.05) is 182 Å². The number of fused-ring (bicyclic) bond motifs is 6. The lowest BCUT2D eigenvalue weighted by atomic mass is 9.67. The van der Waals surface area contributed by atoms with Gasteiger partial charge in [0.05, 0.1) is 5.41 Å². The van der Waals surface area contributed by atoms with Crippen LogP contribution in [0.2, 0.25) is 0 Å². The quantitative estimate of drug-likeness (QED) is 0.163. The van der Waals surface area contributed by atoms with Crippen molar-refractivity contribution in [2.24, 2.45) is 0 Å². The van der Waals surface area contributed by atoms with Crippen LogP contribution in [0.1, 0.15) is 22.3 Å². The molecule has 2 heteroatoms. The number of furan rings is 1. The highest BCUT2D eigenvalue weighted by Crippen LogP contribution is 2.57. The van der Waals surface area contributed by atoms with E-state index in [1.54, 1.807) is 0 Å². The summed E-state index contributed by atoms with van der Waals surface area (Å²) >= 11 is 0. The van der Waals surface area contributed by atoms with Gasteiger partial charge < -0.3 is 9.32 Å². The molecule has 0 spiro atoms. The third-order valence-corrected chi connectivity index (χ3v) is 11.8. The summed E-state index contributed by atoms with van der Waals surface area (Å²) in [6, 6.07) is 81.2. The van der Waals surface area contributed by atoms with Gasteiger partial charge in [-0.25, -0.2) is 0 Å². The molecule has 1 aliphatic carbocycles. The summed E-state index contributed by atoms with van der Waals surface area (Å²) in [5, 5.41) is 2.25. The third-order valence-electron chi connectivity index (χ3n) is 11.8. The monoisotopic (exact) mass is 727 g/mol. The van der Waals surface area contributed by atoms with Crippen molar-refractivity contribution in [2.45, 2.75) is 5.41 Å². The highest BCUT2D eigenvalue weighted by molar-refractivity contribution is 6.09. The van der Waals surface area contributed by atoms with Crippen LogP contribution in [0.25, 0.3) is 55.3 Å². The van der Waals surface area contributed by atoms with Crippen molar-refractivity contribution in [3.05, 3.63) is 247 Å². The van der Waals surface area contributed by atoms with Crippen LogP contribution in [0.3, 0.4) is 0 Å². The van der Waals surface area contributed by atoms with Crippen LogP contribution < -0.4 is 4.90 Å². The highest BCUT2D eigenvalue weighted by Gasteiger charge is 2.46. The Balaban J connectivity index is 1.14. The standard InChI is InChI=1S/C55H37NO/c1-4-16-38(17-5-1)39-30-32-43(33-31-39)56(44-23-14-18-40(36-44)46-26-15-27-50-49-25-11-13-29-53(49)57-54(46)50)45-34-35-48-47-24-10-12-28-51(47)55(52(48)37-45,41-19-6-2-7-20-41)42-21-8-3-9-22-42/h1-37H. The van der Waals surface area contributed by atoms with E-state index in [1.807, 2.05) is 12.1 Å². The second-order valence-electron chi connectivity index (χ2n) is 14.8. The van der Waals surface area contributed by atoms with E-state index in [4.69, 9.17) is 4.42 Å². The molecule has 268 valence electrons. The molecule has 0 atom stereocenters. The number of rotatable bonds is 7. The van der Waals surface area contributed by atoms with Gasteiger partial charge in [-0.05, 0) is 92.5 Å².